The minimum Gasteiger partial charge on any atom is -0.478 e. The lowest BCUT2D eigenvalue weighted by atomic mass is 9.97. The second-order valence-corrected chi connectivity index (χ2v) is 8.81. The van der Waals surface area contributed by atoms with Gasteiger partial charge in [0.05, 0.1) is 17.8 Å². The molecular formula is C23H22F4N6O3. The van der Waals surface area contributed by atoms with E-state index in [2.05, 4.69) is 25.7 Å². The van der Waals surface area contributed by atoms with Crippen LogP contribution < -0.4 is 15.4 Å². The maximum Gasteiger partial charge on any atom is 0.427 e. The molecule has 2 amide bonds. The average Bonchev–Trinajstić information content (AvgIpc) is 3.36. The van der Waals surface area contributed by atoms with Crippen molar-refractivity contribution >= 4 is 17.6 Å². The molecule has 0 spiro atoms. The monoisotopic (exact) mass is 506 g/mol. The highest BCUT2D eigenvalue weighted by atomic mass is 19.4. The van der Waals surface area contributed by atoms with Crippen LogP contribution in [0.3, 0.4) is 0 Å². The number of halogens is 4. The summed E-state index contributed by atoms with van der Waals surface area (Å²) in [5.41, 5.74) is -2.26. The number of nitrogens with one attached hydrogen (secondary N) is 2. The summed E-state index contributed by atoms with van der Waals surface area (Å²) in [6, 6.07) is 4.57. The molecule has 0 aliphatic carbocycles. The fourth-order valence-electron chi connectivity index (χ4n) is 3.61. The van der Waals surface area contributed by atoms with Crippen molar-refractivity contribution in [2.75, 3.05) is 11.9 Å². The third kappa shape index (κ3) is 4.99. The Balaban J connectivity index is 1.73. The highest BCUT2D eigenvalue weighted by molar-refractivity contribution is 5.98. The standard InChI is InChI=1S/C23H22F4N6O3/c1-12-16(10-30-20(12)34)21(35)31-18-9-17(33(32-18)19-11-28-4-5-29-19)13-6-14(24)8-15(7-13)36-22(2,3)23(25,26)27/h4-9,11-12,16H,10H2,1-3H3,(H,30,34)(H,31,32,35)/t12-,16?/m1/s1. The molecule has 1 fully saturated rings. The quantitative estimate of drug-likeness (QED) is 0.495. The van der Waals surface area contributed by atoms with Crippen LogP contribution in [-0.4, -0.2) is 49.9 Å². The van der Waals surface area contributed by atoms with Gasteiger partial charge in [-0.15, -0.1) is 5.10 Å². The van der Waals surface area contributed by atoms with Crippen molar-refractivity contribution < 1.29 is 31.9 Å². The zero-order valence-corrected chi connectivity index (χ0v) is 19.4. The Kier molecular flexibility index (Phi) is 6.41. The summed E-state index contributed by atoms with van der Waals surface area (Å²) >= 11 is 0. The topological polar surface area (TPSA) is 111 Å². The summed E-state index contributed by atoms with van der Waals surface area (Å²) in [6.07, 6.45) is -0.518. The van der Waals surface area contributed by atoms with E-state index in [4.69, 9.17) is 4.74 Å². The third-order valence-electron chi connectivity index (χ3n) is 5.80. The Labute approximate surface area is 202 Å². The molecule has 3 aromatic rings. The van der Waals surface area contributed by atoms with E-state index in [0.29, 0.717) is 0 Å². The maximum atomic E-state index is 14.5. The number of nitrogens with zero attached hydrogens (tertiary/aromatic N) is 4. The lowest BCUT2D eigenvalue weighted by Crippen LogP contribution is -2.44. The molecule has 36 heavy (non-hydrogen) atoms. The lowest BCUT2D eigenvalue weighted by molar-refractivity contribution is -0.234. The van der Waals surface area contributed by atoms with Crippen LogP contribution in [0.1, 0.15) is 20.8 Å². The van der Waals surface area contributed by atoms with Crippen molar-refractivity contribution in [3.05, 3.63) is 48.7 Å². The summed E-state index contributed by atoms with van der Waals surface area (Å²) in [5, 5.41) is 9.57. The van der Waals surface area contributed by atoms with E-state index in [-0.39, 0.29) is 41.1 Å². The van der Waals surface area contributed by atoms with Gasteiger partial charge in [0, 0.05) is 42.6 Å². The number of aromatic nitrogens is 4. The molecular weight excluding hydrogens is 484 g/mol. The van der Waals surface area contributed by atoms with E-state index < -0.39 is 35.3 Å². The van der Waals surface area contributed by atoms with Crippen LogP contribution in [0.4, 0.5) is 23.4 Å². The van der Waals surface area contributed by atoms with Crippen molar-refractivity contribution in [3.8, 4) is 22.8 Å². The van der Waals surface area contributed by atoms with E-state index in [1.54, 1.807) is 6.92 Å². The van der Waals surface area contributed by atoms with E-state index in [9.17, 15) is 27.2 Å². The number of benzene rings is 1. The van der Waals surface area contributed by atoms with Gasteiger partial charge in [-0.25, -0.2) is 14.1 Å². The van der Waals surface area contributed by atoms with Crippen LogP contribution >= 0.6 is 0 Å². The number of carbonyl (C=O) groups excluding carboxylic acids is 2. The number of hydrogen-bond donors (Lipinski definition) is 2. The highest BCUT2D eigenvalue weighted by Gasteiger charge is 2.50. The molecule has 1 aliphatic rings. The summed E-state index contributed by atoms with van der Waals surface area (Å²) in [4.78, 5) is 32.6. The van der Waals surface area contributed by atoms with Crippen LogP contribution in [0.15, 0.2) is 42.9 Å². The second kappa shape index (κ2) is 9.21. The van der Waals surface area contributed by atoms with Gasteiger partial charge in [0.1, 0.15) is 11.6 Å². The molecule has 1 aliphatic heterocycles. The zero-order valence-electron chi connectivity index (χ0n) is 19.4. The number of amides is 2. The van der Waals surface area contributed by atoms with Crippen LogP contribution in [0.25, 0.3) is 17.1 Å². The van der Waals surface area contributed by atoms with Gasteiger partial charge in [0.15, 0.2) is 17.2 Å². The number of ether oxygens (including phenoxy) is 1. The van der Waals surface area contributed by atoms with Gasteiger partial charge < -0.3 is 15.4 Å². The Morgan fingerprint density at radius 3 is 2.56 bits per heavy atom. The molecule has 1 saturated heterocycles. The molecule has 0 radical (unpaired) electrons. The average molecular weight is 506 g/mol. The molecule has 2 N–H and O–H groups in total. The maximum absolute atomic E-state index is 14.5. The lowest BCUT2D eigenvalue weighted by Gasteiger charge is -2.29. The number of anilines is 1. The summed E-state index contributed by atoms with van der Waals surface area (Å²) in [7, 11) is 0. The first-order valence-corrected chi connectivity index (χ1v) is 10.9. The van der Waals surface area contributed by atoms with Crippen molar-refractivity contribution in [1.82, 2.24) is 25.1 Å². The van der Waals surface area contributed by atoms with Crippen LogP contribution in [-0.2, 0) is 9.59 Å². The van der Waals surface area contributed by atoms with E-state index in [1.165, 1.54) is 35.4 Å². The van der Waals surface area contributed by atoms with Gasteiger partial charge in [-0.3, -0.25) is 14.6 Å². The zero-order chi connectivity index (χ0) is 26.3. The van der Waals surface area contributed by atoms with Crippen LogP contribution in [0, 0.1) is 17.7 Å². The summed E-state index contributed by atoms with van der Waals surface area (Å²) in [6.45, 7) is 3.47. The van der Waals surface area contributed by atoms with Gasteiger partial charge in [-0.05, 0) is 26.0 Å². The van der Waals surface area contributed by atoms with Crippen LogP contribution in [0.5, 0.6) is 5.75 Å². The van der Waals surface area contributed by atoms with Crippen molar-refractivity contribution in [2.45, 2.75) is 32.5 Å². The number of carbonyl (C=O) groups is 2. The molecule has 1 unspecified atom stereocenters. The second-order valence-electron chi connectivity index (χ2n) is 8.81. The van der Waals surface area contributed by atoms with Gasteiger partial charge in [-0.1, -0.05) is 6.92 Å². The summed E-state index contributed by atoms with van der Waals surface area (Å²) in [5.74, 6) is -2.78. The predicted octanol–water partition coefficient (Wildman–Crippen LogP) is 3.51. The number of rotatable bonds is 6. The first-order valence-electron chi connectivity index (χ1n) is 10.9. The first-order chi connectivity index (χ1) is 16.9. The van der Waals surface area contributed by atoms with Gasteiger partial charge in [-0.2, -0.15) is 13.2 Å². The van der Waals surface area contributed by atoms with E-state index in [1.807, 2.05) is 0 Å². The van der Waals surface area contributed by atoms with Crippen molar-refractivity contribution in [3.63, 3.8) is 0 Å². The first kappa shape index (κ1) is 25.1. The SMILES string of the molecule is C[C@H]1C(=O)NCC1C(=O)Nc1cc(-c2cc(F)cc(OC(C)(C)C(F)(F)F)c2)n(-c2cnccn2)n1. The van der Waals surface area contributed by atoms with Crippen molar-refractivity contribution in [1.29, 1.82) is 0 Å². The molecule has 13 heteroatoms. The minimum absolute atomic E-state index is 0.0644. The van der Waals surface area contributed by atoms with E-state index in [0.717, 1.165) is 26.0 Å². The van der Waals surface area contributed by atoms with E-state index >= 15 is 0 Å². The predicted molar refractivity (Wildman–Crippen MR) is 120 cm³/mol. The normalized spacial score (nSPS) is 18.1. The largest absolute Gasteiger partial charge is 0.478 e. The molecule has 0 saturated carbocycles. The molecule has 2 aromatic heterocycles. The van der Waals surface area contributed by atoms with Gasteiger partial charge in [0.25, 0.3) is 0 Å². The Bertz CT molecular complexity index is 1290. The smallest absolute Gasteiger partial charge is 0.427 e. The fourth-order valence-corrected chi connectivity index (χ4v) is 3.61. The van der Waals surface area contributed by atoms with Gasteiger partial charge in [0.2, 0.25) is 11.8 Å². The molecule has 4 rings (SSSR count). The highest BCUT2D eigenvalue weighted by Crippen LogP contribution is 2.36. The Morgan fingerprint density at radius 1 is 1.19 bits per heavy atom. The third-order valence-corrected chi connectivity index (χ3v) is 5.80. The fraction of sp³-hybridized carbons (Fsp3) is 0.348. The molecule has 0 bridgehead atoms. The molecule has 190 valence electrons. The Morgan fingerprint density at radius 2 is 1.94 bits per heavy atom. The number of hydrogen-bond acceptors (Lipinski definition) is 6. The Hall–Kier alpha value is -4.03. The molecule has 1 aromatic carbocycles. The summed E-state index contributed by atoms with van der Waals surface area (Å²) < 4.78 is 60.8. The van der Waals surface area contributed by atoms with Crippen molar-refractivity contribution in [2.24, 2.45) is 11.8 Å². The minimum atomic E-state index is -4.70. The molecule has 2 atom stereocenters. The molecule has 9 nitrogen and oxygen atoms in total. The number of alkyl halides is 3. The van der Waals surface area contributed by atoms with Gasteiger partial charge >= 0.3 is 6.18 Å². The molecule has 3 heterocycles. The van der Waals surface area contributed by atoms with Crippen LogP contribution in [0.2, 0.25) is 0 Å².